The molecule has 0 heterocycles. The highest BCUT2D eigenvalue weighted by molar-refractivity contribution is 6.32. The molecule has 0 spiro atoms. The summed E-state index contributed by atoms with van der Waals surface area (Å²) in [4.78, 5) is 46.0. The van der Waals surface area contributed by atoms with Crippen molar-refractivity contribution in [2.75, 3.05) is 13.2 Å². The van der Waals surface area contributed by atoms with Gasteiger partial charge in [-0.2, -0.15) is 13.2 Å². The van der Waals surface area contributed by atoms with Crippen molar-refractivity contribution in [1.82, 2.24) is 0 Å². The second-order valence-electron chi connectivity index (χ2n) is 7.01. The lowest BCUT2D eigenvalue weighted by Crippen LogP contribution is -2.29. The van der Waals surface area contributed by atoms with E-state index >= 15 is 0 Å². The first-order chi connectivity index (χ1) is 16.8. The molecule has 2 aromatic carbocycles. The molecule has 0 radical (unpaired) electrons. The van der Waals surface area contributed by atoms with Crippen LogP contribution < -0.4 is 4.74 Å². The maximum atomic E-state index is 12.8. The van der Waals surface area contributed by atoms with E-state index in [1.54, 1.807) is 6.92 Å². The highest BCUT2D eigenvalue weighted by Gasteiger charge is 2.31. The first-order valence-electron chi connectivity index (χ1n) is 10.2. The van der Waals surface area contributed by atoms with Gasteiger partial charge in [0, 0.05) is 11.6 Å². The number of nitro benzene ring substituents is 1. The maximum absolute atomic E-state index is 12.8. The van der Waals surface area contributed by atoms with Crippen molar-refractivity contribution >= 4 is 35.2 Å². The number of esters is 3. The zero-order valence-corrected chi connectivity index (χ0v) is 19.6. The second kappa shape index (κ2) is 12.2. The number of benzene rings is 2. The number of alkyl halides is 3. The summed E-state index contributed by atoms with van der Waals surface area (Å²) in [5, 5.41) is 11.0. The number of carbonyl (C=O) groups is 3. The summed E-state index contributed by atoms with van der Waals surface area (Å²) < 4.78 is 58.0. The van der Waals surface area contributed by atoms with Crippen LogP contribution in [0.5, 0.6) is 11.5 Å². The maximum Gasteiger partial charge on any atom is 0.416 e. The molecule has 36 heavy (non-hydrogen) atoms. The van der Waals surface area contributed by atoms with Crippen LogP contribution in [-0.4, -0.2) is 42.1 Å². The van der Waals surface area contributed by atoms with Crippen LogP contribution in [0, 0.1) is 10.1 Å². The van der Waals surface area contributed by atoms with Crippen LogP contribution >= 0.6 is 11.6 Å². The predicted molar refractivity (Wildman–Crippen MR) is 116 cm³/mol. The minimum absolute atomic E-state index is 0.0630. The first kappa shape index (κ1) is 28.4. The quantitative estimate of drug-likeness (QED) is 0.185. The zero-order chi connectivity index (χ0) is 27.0. The Bertz CT molecular complexity index is 1150. The summed E-state index contributed by atoms with van der Waals surface area (Å²) in [6.45, 7) is 2.12. The Morgan fingerprint density at radius 2 is 1.78 bits per heavy atom. The number of rotatable bonds is 10. The fraction of sp³-hybridized carbons (Fsp3) is 0.318. The molecular weight excluding hydrogens is 515 g/mol. The average molecular weight is 534 g/mol. The van der Waals surface area contributed by atoms with Crippen LogP contribution in [0.15, 0.2) is 36.4 Å². The number of halogens is 4. The second-order valence-corrected chi connectivity index (χ2v) is 7.42. The number of nitrogens with zero attached hydrogens (tertiary/aromatic N) is 1. The molecule has 194 valence electrons. The zero-order valence-electron chi connectivity index (χ0n) is 18.8. The minimum Gasteiger partial charge on any atom is -0.463 e. The largest absolute Gasteiger partial charge is 0.463 e. The normalized spacial score (nSPS) is 11.8. The Morgan fingerprint density at radius 1 is 1.08 bits per heavy atom. The number of ether oxygens (including phenoxy) is 4. The first-order valence-corrected chi connectivity index (χ1v) is 10.5. The van der Waals surface area contributed by atoms with Crippen molar-refractivity contribution in [2.24, 2.45) is 0 Å². The van der Waals surface area contributed by atoms with Crippen LogP contribution in [-0.2, 0) is 41.2 Å². The lowest BCUT2D eigenvalue weighted by atomic mass is 10.1. The Hall–Kier alpha value is -3.87. The van der Waals surface area contributed by atoms with Crippen LogP contribution in [0.4, 0.5) is 18.9 Å². The van der Waals surface area contributed by atoms with Gasteiger partial charge in [-0.05, 0) is 44.2 Å². The summed E-state index contributed by atoms with van der Waals surface area (Å²) in [5.74, 6) is -3.11. The molecular formula is C22H19ClF3NO9. The summed E-state index contributed by atoms with van der Waals surface area (Å²) in [6.07, 6.45) is -6.72. The van der Waals surface area contributed by atoms with E-state index in [1.165, 1.54) is 6.92 Å². The number of carbonyl (C=O) groups excluding carboxylic acids is 3. The minimum atomic E-state index is -4.62. The molecule has 0 amide bonds. The van der Waals surface area contributed by atoms with Crippen LogP contribution in [0.1, 0.15) is 25.0 Å². The van der Waals surface area contributed by atoms with Gasteiger partial charge in [0.1, 0.15) is 11.5 Å². The Kier molecular flexibility index (Phi) is 9.61. The van der Waals surface area contributed by atoms with Gasteiger partial charge in [-0.25, -0.2) is 9.59 Å². The van der Waals surface area contributed by atoms with E-state index in [4.69, 9.17) is 21.1 Å². The third-order valence-corrected chi connectivity index (χ3v) is 4.64. The van der Waals surface area contributed by atoms with Crippen molar-refractivity contribution in [3.63, 3.8) is 0 Å². The van der Waals surface area contributed by atoms with Gasteiger partial charge in [0.15, 0.2) is 12.7 Å². The van der Waals surface area contributed by atoms with Crippen molar-refractivity contribution in [1.29, 1.82) is 0 Å². The molecule has 0 aromatic heterocycles. The van der Waals surface area contributed by atoms with Gasteiger partial charge in [-0.3, -0.25) is 14.9 Å². The van der Waals surface area contributed by atoms with E-state index in [1.807, 2.05) is 0 Å². The molecule has 2 aromatic rings. The molecule has 0 saturated heterocycles. The summed E-state index contributed by atoms with van der Waals surface area (Å²) in [5.41, 5.74) is -1.64. The third-order valence-electron chi connectivity index (χ3n) is 4.35. The number of hydrogen-bond donors (Lipinski definition) is 0. The molecule has 0 aliphatic carbocycles. The molecule has 1 unspecified atom stereocenters. The smallest absolute Gasteiger partial charge is 0.416 e. The highest BCUT2D eigenvalue weighted by Crippen LogP contribution is 2.37. The van der Waals surface area contributed by atoms with E-state index < -0.39 is 59.4 Å². The van der Waals surface area contributed by atoms with Crippen LogP contribution in [0.2, 0.25) is 5.02 Å². The van der Waals surface area contributed by atoms with Gasteiger partial charge in [-0.15, -0.1) is 0 Å². The van der Waals surface area contributed by atoms with Crippen molar-refractivity contribution in [2.45, 2.75) is 32.5 Å². The number of hydrogen-bond acceptors (Lipinski definition) is 9. The standard InChI is InChI=1S/C22H19ClF3NO9/c1-3-33-20(29)11-34-21(30)12(2)35-19(28)9-13-8-15(5-6-17(13)27(31)32)36-18-7-4-14(10-16(18)23)22(24,25)26/h4-8,10,12H,3,9,11H2,1-2H3. The Morgan fingerprint density at radius 3 is 2.36 bits per heavy atom. The lowest BCUT2D eigenvalue weighted by Gasteiger charge is -2.13. The molecule has 0 aliphatic heterocycles. The highest BCUT2D eigenvalue weighted by atomic mass is 35.5. The Labute approximate surface area is 207 Å². The molecule has 0 aliphatic rings. The Balaban J connectivity index is 2.13. The van der Waals surface area contributed by atoms with Gasteiger partial charge in [0.05, 0.1) is 28.5 Å². The summed E-state index contributed by atoms with van der Waals surface area (Å²) >= 11 is 5.86. The molecule has 0 N–H and O–H groups in total. The van der Waals surface area contributed by atoms with E-state index in [9.17, 15) is 37.7 Å². The molecule has 2 rings (SSSR count). The number of nitro groups is 1. The summed E-state index contributed by atoms with van der Waals surface area (Å²) in [6, 6.07) is 5.67. The average Bonchev–Trinajstić information content (AvgIpc) is 2.78. The topological polar surface area (TPSA) is 131 Å². The molecule has 10 nitrogen and oxygen atoms in total. The third kappa shape index (κ3) is 8.12. The lowest BCUT2D eigenvalue weighted by molar-refractivity contribution is -0.385. The SMILES string of the molecule is CCOC(=O)COC(=O)C(C)OC(=O)Cc1cc(Oc2ccc(C(F)(F)F)cc2Cl)ccc1[N+](=O)[O-]. The summed E-state index contributed by atoms with van der Waals surface area (Å²) in [7, 11) is 0. The van der Waals surface area contributed by atoms with E-state index in [-0.39, 0.29) is 28.7 Å². The van der Waals surface area contributed by atoms with Crippen LogP contribution in [0.25, 0.3) is 0 Å². The van der Waals surface area contributed by atoms with Crippen LogP contribution in [0.3, 0.4) is 0 Å². The van der Waals surface area contributed by atoms with E-state index in [2.05, 4.69) is 9.47 Å². The van der Waals surface area contributed by atoms with Gasteiger partial charge >= 0.3 is 24.1 Å². The van der Waals surface area contributed by atoms with Gasteiger partial charge in [0.25, 0.3) is 5.69 Å². The molecule has 0 bridgehead atoms. The fourth-order valence-electron chi connectivity index (χ4n) is 2.72. The van der Waals surface area contributed by atoms with Crippen molar-refractivity contribution in [3.05, 3.63) is 62.7 Å². The van der Waals surface area contributed by atoms with Gasteiger partial charge in [0.2, 0.25) is 0 Å². The van der Waals surface area contributed by atoms with Gasteiger partial charge < -0.3 is 18.9 Å². The molecule has 0 fully saturated rings. The van der Waals surface area contributed by atoms with Gasteiger partial charge in [-0.1, -0.05) is 11.6 Å². The van der Waals surface area contributed by atoms with E-state index in [0.717, 1.165) is 30.3 Å². The molecule has 1 atom stereocenters. The molecule has 0 saturated carbocycles. The van der Waals surface area contributed by atoms with Crippen molar-refractivity contribution < 1.29 is 51.4 Å². The van der Waals surface area contributed by atoms with E-state index in [0.29, 0.717) is 6.07 Å². The monoisotopic (exact) mass is 533 g/mol. The predicted octanol–water partition coefficient (Wildman–Crippen LogP) is 4.64. The fourth-order valence-corrected chi connectivity index (χ4v) is 2.94. The molecule has 14 heteroatoms. The van der Waals surface area contributed by atoms with Crippen molar-refractivity contribution in [3.8, 4) is 11.5 Å².